The van der Waals surface area contributed by atoms with Gasteiger partial charge in [-0.25, -0.2) is 0 Å². The van der Waals surface area contributed by atoms with Crippen LogP contribution in [-0.2, 0) is 0 Å². The quantitative estimate of drug-likeness (QED) is 0.727. The first-order valence-electron chi connectivity index (χ1n) is 5.90. The third kappa shape index (κ3) is 3.35. The maximum atomic E-state index is 12.2. The predicted molar refractivity (Wildman–Crippen MR) is 70.9 cm³/mol. The normalized spacial score (nSPS) is 9.76. The van der Waals surface area contributed by atoms with E-state index in [-0.39, 0.29) is 5.91 Å². The molecular formula is C15H19NO. The number of aryl methyl sites for hydroxylation is 2. The van der Waals surface area contributed by atoms with Crippen molar-refractivity contribution in [1.82, 2.24) is 4.90 Å². The van der Waals surface area contributed by atoms with E-state index < -0.39 is 0 Å². The Morgan fingerprint density at radius 2 is 2.06 bits per heavy atom. The third-order valence-electron chi connectivity index (χ3n) is 2.82. The zero-order chi connectivity index (χ0) is 12.8. The topological polar surface area (TPSA) is 20.3 Å². The van der Waals surface area contributed by atoms with Gasteiger partial charge in [0.15, 0.2) is 0 Å². The maximum absolute atomic E-state index is 12.2. The molecule has 1 rings (SSSR count). The zero-order valence-electron chi connectivity index (χ0n) is 10.8. The molecule has 0 atom stereocenters. The molecule has 0 aliphatic heterocycles. The van der Waals surface area contributed by atoms with Crippen molar-refractivity contribution in [2.75, 3.05) is 13.1 Å². The molecule has 0 saturated heterocycles. The highest BCUT2D eigenvalue weighted by molar-refractivity contribution is 5.94. The van der Waals surface area contributed by atoms with Crippen LogP contribution in [0.5, 0.6) is 0 Å². The summed E-state index contributed by atoms with van der Waals surface area (Å²) in [6.45, 7) is 7.17. The van der Waals surface area contributed by atoms with E-state index in [0.29, 0.717) is 13.1 Å². The second-order valence-corrected chi connectivity index (χ2v) is 4.23. The standard InChI is InChI=1S/C15H19NO/c1-5-9-16(10-6-2)15(17)14-8-7-12(3)13(4)11-14/h1,7-8,11H,6,9-10H2,2-4H3. The molecule has 0 saturated carbocycles. The number of hydrogen-bond acceptors (Lipinski definition) is 1. The number of nitrogens with zero attached hydrogens (tertiary/aromatic N) is 1. The average Bonchev–Trinajstić information content (AvgIpc) is 2.31. The molecule has 1 aromatic carbocycles. The van der Waals surface area contributed by atoms with E-state index in [4.69, 9.17) is 6.42 Å². The Hall–Kier alpha value is -1.75. The second-order valence-electron chi connectivity index (χ2n) is 4.23. The minimum absolute atomic E-state index is 0.0212. The Labute approximate surface area is 104 Å². The van der Waals surface area contributed by atoms with Gasteiger partial charge in [-0.1, -0.05) is 18.9 Å². The lowest BCUT2D eigenvalue weighted by Crippen LogP contribution is -2.32. The van der Waals surface area contributed by atoms with Gasteiger partial charge in [-0.3, -0.25) is 4.79 Å². The number of amides is 1. The summed E-state index contributed by atoms with van der Waals surface area (Å²) in [6, 6.07) is 5.77. The van der Waals surface area contributed by atoms with Gasteiger partial charge in [0.2, 0.25) is 0 Å². The van der Waals surface area contributed by atoms with Crippen molar-refractivity contribution in [3.8, 4) is 12.3 Å². The Kier molecular flexibility index (Phi) is 4.78. The van der Waals surface area contributed by atoms with Gasteiger partial charge >= 0.3 is 0 Å². The van der Waals surface area contributed by atoms with E-state index in [2.05, 4.69) is 5.92 Å². The molecule has 0 aliphatic carbocycles. The lowest BCUT2D eigenvalue weighted by Gasteiger charge is -2.19. The fourth-order valence-corrected chi connectivity index (χ4v) is 1.69. The predicted octanol–water partition coefficient (Wildman–Crippen LogP) is 2.79. The molecule has 0 bridgehead atoms. The van der Waals surface area contributed by atoms with Gasteiger partial charge in [0, 0.05) is 12.1 Å². The summed E-state index contributed by atoms with van der Waals surface area (Å²) in [5.41, 5.74) is 3.05. The summed E-state index contributed by atoms with van der Waals surface area (Å²) in [5.74, 6) is 2.56. The highest BCUT2D eigenvalue weighted by atomic mass is 16.2. The van der Waals surface area contributed by atoms with Crippen LogP contribution in [0.2, 0.25) is 0 Å². The van der Waals surface area contributed by atoms with Crippen LogP contribution in [0, 0.1) is 26.2 Å². The molecule has 1 aromatic rings. The number of terminal acetylenes is 1. The Morgan fingerprint density at radius 1 is 1.35 bits per heavy atom. The summed E-state index contributed by atoms with van der Waals surface area (Å²) < 4.78 is 0. The van der Waals surface area contributed by atoms with Gasteiger partial charge in [-0.2, -0.15) is 0 Å². The number of rotatable bonds is 4. The Morgan fingerprint density at radius 3 is 2.59 bits per heavy atom. The van der Waals surface area contributed by atoms with Crippen molar-refractivity contribution in [2.24, 2.45) is 0 Å². The minimum Gasteiger partial charge on any atom is -0.328 e. The van der Waals surface area contributed by atoms with Crippen LogP contribution in [0.1, 0.15) is 34.8 Å². The first-order valence-corrected chi connectivity index (χ1v) is 5.90. The van der Waals surface area contributed by atoms with Crippen LogP contribution >= 0.6 is 0 Å². The van der Waals surface area contributed by atoms with Crippen LogP contribution in [0.4, 0.5) is 0 Å². The number of carbonyl (C=O) groups excluding carboxylic acids is 1. The average molecular weight is 229 g/mol. The van der Waals surface area contributed by atoms with E-state index in [9.17, 15) is 4.79 Å². The van der Waals surface area contributed by atoms with Crippen LogP contribution in [0.15, 0.2) is 18.2 Å². The van der Waals surface area contributed by atoms with E-state index in [1.165, 1.54) is 5.56 Å². The van der Waals surface area contributed by atoms with Crippen LogP contribution in [0.3, 0.4) is 0 Å². The van der Waals surface area contributed by atoms with Crippen molar-refractivity contribution < 1.29 is 4.79 Å². The maximum Gasteiger partial charge on any atom is 0.254 e. The fraction of sp³-hybridized carbons (Fsp3) is 0.400. The second kappa shape index (κ2) is 6.10. The fourth-order valence-electron chi connectivity index (χ4n) is 1.69. The highest BCUT2D eigenvalue weighted by Crippen LogP contribution is 2.12. The molecule has 0 aromatic heterocycles. The van der Waals surface area contributed by atoms with Crippen LogP contribution in [-0.4, -0.2) is 23.9 Å². The third-order valence-corrected chi connectivity index (χ3v) is 2.82. The summed E-state index contributed by atoms with van der Waals surface area (Å²) in [6.07, 6.45) is 6.20. The zero-order valence-corrected chi connectivity index (χ0v) is 10.8. The van der Waals surface area contributed by atoms with Crippen molar-refractivity contribution >= 4 is 5.91 Å². The van der Waals surface area contributed by atoms with Gasteiger partial charge in [0.05, 0.1) is 6.54 Å². The van der Waals surface area contributed by atoms with Crippen molar-refractivity contribution in [2.45, 2.75) is 27.2 Å². The molecule has 17 heavy (non-hydrogen) atoms. The minimum atomic E-state index is 0.0212. The number of hydrogen-bond donors (Lipinski definition) is 0. The lowest BCUT2D eigenvalue weighted by molar-refractivity contribution is 0.0777. The molecule has 0 aliphatic rings. The summed E-state index contributed by atoms with van der Waals surface area (Å²) >= 11 is 0. The SMILES string of the molecule is C#CCN(CCC)C(=O)c1ccc(C)c(C)c1. The van der Waals surface area contributed by atoms with E-state index in [0.717, 1.165) is 17.5 Å². The van der Waals surface area contributed by atoms with Gasteiger partial charge in [-0.15, -0.1) is 6.42 Å². The molecule has 2 nitrogen and oxygen atoms in total. The number of carbonyl (C=O) groups is 1. The van der Waals surface area contributed by atoms with E-state index in [1.54, 1.807) is 4.90 Å². The van der Waals surface area contributed by atoms with Crippen molar-refractivity contribution in [3.05, 3.63) is 34.9 Å². The molecule has 0 spiro atoms. The Bertz CT molecular complexity index is 443. The molecule has 0 radical (unpaired) electrons. The van der Waals surface area contributed by atoms with Crippen molar-refractivity contribution in [1.29, 1.82) is 0 Å². The van der Waals surface area contributed by atoms with Gasteiger partial charge < -0.3 is 4.90 Å². The van der Waals surface area contributed by atoms with E-state index >= 15 is 0 Å². The molecule has 0 N–H and O–H groups in total. The van der Waals surface area contributed by atoms with E-state index in [1.807, 2.05) is 39.0 Å². The molecule has 90 valence electrons. The van der Waals surface area contributed by atoms with Gasteiger partial charge in [0.1, 0.15) is 0 Å². The molecular weight excluding hydrogens is 210 g/mol. The molecule has 0 unspecified atom stereocenters. The Balaban J connectivity index is 2.93. The lowest BCUT2D eigenvalue weighted by atomic mass is 10.1. The number of benzene rings is 1. The van der Waals surface area contributed by atoms with Crippen LogP contribution < -0.4 is 0 Å². The molecule has 1 amide bonds. The summed E-state index contributed by atoms with van der Waals surface area (Å²) in [5, 5.41) is 0. The van der Waals surface area contributed by atoms with Crippen LogP contribution in [0.25, 0.3) is 0 Å². The largest absolute Gasteiger partial charge is 0.328 e. The van der Waals surface area contributed by atoms with Gasteiger partial charge in [-0.05, 0) is 43.5 Å². The van der Waals surface area contributed by atoms with Gasteiger partial charge in [0.25, 0.3) is 5.91 Å². The first kappa shape index (κ1) is 13.3. The summed E-state index contributed by atoms with van der Waals surface area (Å²) in [4.78, 5) is 13.9. The summed E-state index contributed by atoms with van der Waals surface area (Å²) in [7, 11) is 0. The molecule has 0 fully saturated rings. The molecule has 0 heterocycles. The first-order chi connectivity index (χ1) is 8.10. The smallest absolute Gasteiger partial charge is 0.254 e. The molecule has 2 heteroatoms. The highest BCUT2D eigenvalue weighted by Gasteiger charge is 2.14. The monoisotopic (exact) mass is 229 g/mol. The van der Waals surface area contributed by atoms with Crippen molar-refractivity contribution in [3.63, 3.8) is 0 Å².